The number of carbonyl (C=O) groups is 1. The maximum Gasteiger partial charge on any atom is 0.172 e. The van der Waals surface area contributed by atoms with Gasteiger partial charge in [-0.05, 0) is 41.9 Å². The second kappa shape index (κ2) is 5.58. The van der Waals surface area contributed by atoms with Crippen molar-refractivity contribution in [1.29, 1.82) is 0 Å². The zero-order valence-corrected chi connectivity index (χ0v) is 11.3. The highest BCUT2D eigenvalue weighted by Gasteiger charge is 2.12. The molecule has 1 N–H and O–H groups in total. The Labute approximate surface area is 107 Å². The van der Waals surface area contributed by atoms with Crippen LogP contribution in [0.3, 0.4) is 0 Å². The van der Waals surface area contributed by atoms with Crippen molar-refractivity contribution in [2.24, 2.45) is 0 Å². The molecule has 0 fully saturated rings. The van der Waals surface area contributed by atoms with Crippen molar-refractivity contribution >= 4 is 23.2 Å². The number of Topliss-reactive ketones (excluding diaryl/α,β-unsaturated/α-hetero) is 1. The standard InChI is InChI=1S/C14H19NOS/c1-10(2)17-9-14(16)12-5-6-13-11(8-12)4-3-7-15-13/h5-6,8,10,15H,3-4,7,9H2,1-2H3. The summed E-state index contributed by atoms with van der Waals surface area (Å²) < 4.78 is 0. The number of hydrogen-bond acceptors (Lipinski definition) is 3. The molecule has 1 heterocycles. The van der Waals surface area contributed by atoms with E-state index in [4.69, 9.17) is 0 Å². The van der Waals surface area contributed by atoms with Crippen LogP contribution in [-0.2, 0) is 6.42 Å². The molecule has 0 aromatic heterocycles. The van der Waals surface area contributed by atoms with E-state index in [0.29, 0.717) is 11.0 Å². The first-order valence-electron chi connectivity index (χ1n) is 6.18. The van der Waals surface area contributed by atoms with Crippen LogP contribution in [0.15, 0.2) is 18.2 Å². The Hall–Kier alpha value is -0.960. The molecule has 1 aromatic carbocycles. The number of nitrogens with one attached hydrogen (secondary N) is 1. The van der Waals surface area contributed by atoms with Crippen LogP contribution in [0.4, 0.5) is 5.69 Å². The van der Waals surface area contributed by atoms with Gasteiger partial charge in [-0.15, -0.1) is 0 Å². The Morgan fingerprint density at radius 2 is 2.29 bits per heavy atom. The van der Waals surface area contributed by atoms with Crippen molar-refractivity contribution in [2.75, 3.05) is 17.6 Å². The van der Waals surface area contributed by atoms with E-state index in [-0.39, 0.29) is 5.78 Å². The van der Waals surface area contributed by atoms with Crippen molar-refractivity contribution in [3.63, 3.8) is 0 Å². The van der Waals surface area contributed by atoms with E-state index in [1.165, 1.54) is 11.3 Å². The first-order valence-corrected chi connectivity index (χ1v) is 7.23. The van der Waals surface area contributed by atoms with Gasteiger partial charge in [-0.25, -0.2) is 0 Å². The molecule has 1 aromatic rings. The van der Waals surface area contributed by atoms with E-state index < -0.39 is 0 Å². The molecule has 2 nitrogen and oxygen atoms in total. The van der Waals surface area contributed by atoms with Crippen molar-refractivity contribution in [1.82, 2.24) is 0 Å². The predicted molar refractivity (Wildman–Crippen MR) is 75.2 cm³/mol. The average Bonchev–Trinajstić information content (AvgIpc) is 2.35. The summed E-state index contributed by atoms with van der Waals surface area (Å²) >= 11 is 1.71. The van der Waals surface area contributed by atoms with Gasteiger partial charge in [-0.1, -0.05) is 13.8 Å². The first-order chi connectivity index (χ1) is 8.16. The van der Waals surface area contributed by atoms with E-state index in [1.807, 2.05) is 12.1 Å². The number of thioether (sulfide) groups is 1. The Morgan fingerprint density at radius 3 is 3.06 bits per heavy atom. The number of hydrogen-bond donors (Lipinski definition) is 1. The normalized spacial score (nSPS) is 14.3. The highest BCUT2D eigenvalue weighted by Crippen LogP contribution is 2.23. The number of aryl methyl sites for hydroxylation is 1. The third-order valence-corrected chi connectivity index (χ3v) is 4.01. The summed E-state index contributed by atoms with van der Waals surface area (Å²) in [6.45, 7) is 5.28. The highest BCUT2D eigenvalue weighted by atomic mass is 32.2. The minimum Gasteiger partial charge on any atom is -0.385 e. The van der Waals surface area contributed by atoms with Gasteiger partial charge in [0.2, 0.25) is 0 Å². The van der Waals surface area contributed by atoms with Crippen LogP contribution in [-0.4, -0.2) is 23.3 Å². The summed E-state index contributed by atoms with van der Waals surface area (Å²) in [5.74, 6) is 0.834. The average molecular weight is 249 g/mol. The fourth-order valence-electron chi connectivity index (χ4n) is 1.97. The summed E-state index contributed by atoms with van der Waals surface area (Å²) in [6, 6.07) is 6.05. The fourth-order valence-corrected chi connectivity index (χ4v) is 2.63. The quantitative estimate of drug-likeness (QED) is 0.830. The molecule has 3 heteroatoms. The monoisotopic (exact) mass is 249 g/mol. The molecule has 1 aliphatic heterocycles. The van der Waals surface area contributed by atoms with Gasteiger partial charge in [0.15, 0.2) is 5.78 Å². The minimum atomic E-state index is 0.247. The van der Waals surface area contributed by atoms with Gasteiger partial charge in [-0.2, -0.15) is 11.8 Å². The van der Waals surface area contributed by atoms with Crippen LogP contribution < -0.4 is 5.32 Å². The summed E-state index contributed by atoms with van der Waals surface area (Å²) in [7, 11) is 0. The molecule has 0 spiro atoms. The van der Waals surface area contributed by atoms with E-state index in [0.717, 1.165) is 24.9 Å². The molecule has 0 amide bonds. The molecule has 1 aliphatic rings. The third-order valence-electron chi connectivity index (χ3n) is 2.91. The topological polar surface area (TPSA) is 29.1 Å². The number of ketones is 1. The molecule has 0 bridgehead atoms. The summed E-state index contributed by atoms with van der Waals surface area (Å²) in [5.41, 5.74) is 3.35. The van der Waals surface area contributed by atoms with Crippen LogP contribution in [0.1, 0.15) is 36.2 Å². The van der Waals surface area contributed by atoms with E-state index in [2.05, 4.69) is 25.2 Å². The van der Waals surface area contributed by atoms with Crippen molar-refractivity contribution in [3.8, 4) is 0 Å². The van der Waals surface area contributed by atoms with Crippen LogP contribution in [0.25, 0.3) is 0 Å². The van der Waals surface area contributed by atoms with Gasteiger partial charge in [-0.3, -0.25) is 4.79 Å². The van der Waals surface area contributed by atoms with E-state index in [9.17, 15) is 4.79 Å². The number of fused-ring (bicyclic) bond motifs is 1. The van der Waals surface area contributed by atoms with Gasteiger partial charge < -0.3 is 5.32 Å². The predicted octanol–water partition coefficient (Wildman–Crippen LogP) is 3.37. The van der Waals surface area contributed by atoms with Gasteiger partial charge in [0.25, 0.3) is 0 Å². The van der Waals surface area contributed by atoms with Crippen LogP contribution >= 0.6 is 11.8 Å². The van der Waals surface area contributed by atoms with Crippen molar-refractivity contribution < 1.29 is 4.79 Å². The van der Waals surface area contributed by atoms with Crippen molar-refractivity contribution in [3.05, 3.63) is 29.3 Å². The van der Waals surface area contributed by atoms with Gasteiger partial charge in [0, 0.05) is 17.8 Å². The van der Waals surface area contributed by atoms with E-state index in [1.54, 1.807) is 11.8 Å². The maximum absolute atomic E-state index is 12.0. The summed E-state index contributed by atoms with van der Waals surface area (Å²) in [4.78, 5) is 12.0. The van der Waals surface area contributed by atoms with Gasteiger partial charge in [0.1, 0.15) is 0 Å². The molecule has 0 aliphatic carbocycles. The molecule has 2 rings (SSSR count). The minimum absolute atomic E-state index is 0.247. The Kier molecular flexibility index (Phi) is 4.11. The Bertz CT molecular complexity index is 415. The number of benzene rings is 1. The largest absolute Gasteiger partial charge is 0.385 e. The maximum atomic E-state index is 12.0. The van der Waals surface area contributed by atoms with Crippen molar-refractivity contribution in [2.45, 2.75) is 31.9 Å². The molecule has 0 saturated heterocycles. The lowest BCUT2D eigenvalue weighted by Crippen LogP contribution is -2.13. The third kappa shape index (κ3) is 3.25. The lowest BCUT2D eigenvalue weighted by molar-refractivity contribution is 0.102. The molecule has 17 heavy (non-hydrogen) atoms. The molecular formula is C14H19NOS. The summed E-state index contributed by atoms with van der Waals surface area (Å²) in [6.07, 6.45) is 2.24. The Morgan fingerprint density at radius 1 is 1.47 bits per heavy atom. The first kappa shape index (κ1) is 12.5. The lowest BCUT2D eigenvalue weighted by atomic mass is 9.99. The van der Waals surface area contributed by atoms with Crippen LogP contribution in [0.5, 0.6) is 0 Å². The molecule has 0 radical (unpaired) electrons. The number of carbonyl (C=O) groups excluding carboxylic acids is 1. The van der Waals surface area contributed by atoms with Crippen LogP contribution in [0, 0.1) is 0 Å². The molecular weight excluding hydrogens is 230 g/mol. The fraction of sp³-hybridized carbons (Fsp3) is 0.500. The number of rotatable bonds is 4. The molecule has 92 valence electrons. The highest BCUT2D eigenvalue weighted by molar-refractivity contribution is 8.00. The lowest BCUT2D eigenvalue weighted by Gasteiger charge is -2.18. The SMILES string of the molecule is CC(C)SCC(=O)c1ccc2c(c1)CCCN2. The summed E-state index contributed by atoms with van der Waals surface area (Å²) in [5, 5.41) is 3.87. The molecule has 0 unspecified atom stereocenters. The second-order valence-corrected chi connectivity index (χ2v) is 6.25. The molecule has 0 saturated carbocycles. The number of anilines is 1. The van der Waals surface area contributed by atoms with Gasteiger partial charge >= 0.3 is 0 Å². The van der Waals surface area contributed by atoms with Gasteiger partial charge in [0.05, 0.1) is 5.75 Å². The second-order valence-electron chi connectivity index (χ2n) is 4.69. The zero-order chi connectivity index (χ0) is 12.3. The zero-order valence-electron chi connectivity index (χ0n) is 10.5. The van der Waals surface area contributed by atoms with Crippen LogP contribution in [0.2, 0.25) is 0 Å². The Balaban J connectivity index is 2.08. The van der Waals surface area contributed by atoms with E-state index >= 15 is 0 Å². The molecule has 0 atom stereocenters. The smallest absolute Gasteiger partial charge is 0.172 e.